The van der Waals surface area contributed by atoms with E-state index in [1.807, 2.05) is 0 Å². The molecule has 0 radical (unpaired) electrons. The van der Waals surface area contributed by atoms with Gasteiger partial charge in [-0.2, -0.15) is 0 Å². The van der Waals surface area contributed by atoms with Gasteiger partial charge in [-0.05, 0) is 25.0 Å². The third-order valence-electron chi connectivity index (χ3n) is 2.00. The molecule has 0 spiro atoms. The van der Waals surface area contributed by atoms with E-state index in [2.05, 4.69) is 0 Å². The smallest absolute Gasteiger partial charge is 0.295 e. The fraction of sp³-hybridized carbons (Fsp3) is 0.400. The van der Waals surface area contributed by atoms with Crippen molar-refractivity contribution in [1.29, 1.82) is 0 Å². The van der Waals surface area contributed by atoms with E-state index in [0.717, 1.165) is 12.8 Å². The maximum Gasteiger partial charge on any atom is 0.295 e. The van der Waals surface area contributed by atoms with E-state index in [9.17, 15) is 10.1 Å². The van der Waals surface area contributed by atoms with Gasteiger partial charge in [-0.3, -0.25) is 10.1 Å². The van der Waals surface area contributed by atoms with Gasteiger partial charge in [0.15, 0.2) is 0 Å². The van der Waals surface area contributed by atoms with Gasteiger partial charge in [-0.1, -0.05) is 0 Å². The highest BCUT2D eigenvalue weighted by atomic mass is 35.5. The molecular weight excluding hydrogens is 232 g/mol. The van der Waals surface area contributed by atoms with Crippen LogP contribution in [0.25, 0.3) is 0 Å². The Bertz CT molecular complexity index is 371. The van der Waals surface area contributed by atoms with Crippen LogP contribution in [0.3, 0.4) is 0 Å². The van der Waals surface area contributed by atoms with Gasteiger partial charge in [0.2, 0.25) is 0 Å². The summed E-state index contributed by atoms with van der Waals surface area (Å²) in [6.07, 6.45) is 1.68. The molecule has 0 aliphatic rings. The highest BCUT2D eigenvalue weighted by Gasteiger charge is 2.12. The van der Waals surface area contributed by atoms with Crippen molar-refractivity contribution < 1.29 is 9.66 Å². The predicted molar refractivity (Wildman–Crippen MR) is 63.0 cm³/mol. The Morgan fingerprint density at radius 3 is 2.81 bits per heavy atom. The maximum atomic E-state index is 10.6. The topological polar surface area (TPSA) is 78.4 Å². The predicted octanol–water partition coefficient (Wildman–Crippen LogP) is 2.57. The molecule has 1 rings (SSSR count). The first-order valence-electron chi connectivity index (χ1n) is 4.88. The third-order valence-corrected chi connectivity index (χ3v) is 2.26. The summed E-state index contributed by atoms with van der Waals surface area (Å²) >= 11 is 5.51. The van der Waals surface area contributed by atoms with Crippen LogP contribution in [0.2, 0.25) is 0 Å². The normalized spacial score (nSPS) is 10.1. The monoisotopic (exact) mass is 244 g/mol. The number of nitrogen functional groups attached to an aromatic ring is 1. The molecule has 0 fully saturated rings. The minimum absolute atomic E-state index is 0.130. The number of nitro benzene ring substituents is 1. The van der Waals surface area contributed by atoms with E-state index in [1.54, 1.807) is 6.07 Å². The van der Waals surface area contributed by atoms with Crippen LogP contribution < -0.4 is 10.5 Å². The summed E-state index contributed by atoms with van der Waals surface area (Å²) < 4.78 is 5.34. The number of anilines is 1. The van der Waals surface area contributed by atoms with Gasteiger partial charge in [-0.25, -0.2) is 0 Å². The summed E-state index contributed by atoms with van der Waals surface area (Å²) in [4.78, 5) is 10.1. The number of hydrogen-bond donors (Lipinski definition) is 1. The molecule has 1 aromatic carbocycles. The van der Waals surface area contributed by atoms with Gasteiger partial charge in [-0.15, -0.1) is 11.6 Å². The van der Waals surface area contributed by atoms with Gasteiger partial charge >= 0.3 is 0 Å². The zero-order chi connectivity index (χ0) is 12.0. The average Bonchev–Trinajstić information content (AvgIpc) is 2.26. The van der Waals surface area contributed by atoms with E-state index in [1.165, 1.54) is 12.1 Å². The summed E-state index contributed by atoms with van der Waals surface area (Å²) in [6, 6.07) is 4.41. The molecule has 0 saturated carbocycles. The van der Waals surface area contributed by atoms with Crippen LogP contribution in [0.1, 0.15) is 12.8 Å². The van der Waals surface area contributed by atoms with Crippen LogP contribution in [-0.2, 0) is 0 Å². The zero-order valence-corrected chi connectivity index (χ0v) is 9.44. The lowest BCUT2D eigenvalue weighted by atomic mass is 10.2. The van der Waals surface area contributed by atoms with E-state index in [4.69, 9.17) is 22.1 Å². The van der Waals surface area contributed by atoms with Crippen molar-refractivity contribution in [2.45, 2.75) is 12.8 Å². The lowest BCUT2D eigenvalue weighted by Crippen LogP contribution is -2.00. The lowest BCUT2D eigenvalue weighted by Gasteiger charge is -2.05. The van der Waals surface area contributed by atoms with E-state index >= 15 is 0 Å². The summed E-state index contributed by atoms with van der Waals surface area (Å²) in [5.74, 6) is 1.04. The SMILES string of the molecule is Nc1ccc(OCCCCCl)cc1[N+](=O)[O-]. The molecule has 0 atom stereocenters. The second kappa shape index (κ2) is 6.17. The van der Waals surface area contributed by atoms with Crippen molar-refractivity contribution in [2.75, 3.05) is 18.2 Å². The standard InChI is InChI=1S/C10H13ClN2O3/c11-5-1-2-6-16-8-3-4-9(12)10(7-8)13(14)15/h3-4,7H,1-2,5-6,12H2. The second-order valence-electron chi connectivity index (χ2n) is 3.22. The van der Waals surface area contributed by atoms with Crippen molar-refractivity contribution >= 4 is 23.0 Å². The summed E-state index contributed by atoms with van der Waals surface area (Å²) in [5.41, 5.74) is 5.46. The summed E-state index contributed by atoms with van der Waals surface area (Å²) in [7, 11) is 0. The molecule has 2 N–H and O–H groups in total. The van der Waals surface area contributed by atoms with E-state index in [-0.39, 0.29) is 11.4 Å². The first-order valence-corrected chi connectivity index (χ1v) is 5.41. The Kier molecular flexibility index (Phi) is 4.85. The molecule has 0 aliphatic heterocycles. The number of unbranched alkanes of at least 4 members (excludes halogenated alkanes) is 1. The highest BCUT2D eigenvalue weighted by molar-refractivity contribution is 6.17. The first-order chi connectivity index (χ1) is 7.65. The number of nitrogens with zero attached hydrogens (tertiary/aromatic N) is 1. The molecule has 0 aromatic heterocycles. The minimum Gasteiger partial charge on any atom is -0.493 e. The lowest BCUT2D eigenvalue weighted by molar-refractivity contribution is -0.384. The molecular formula is C10H13ClN2O3. The first kappa shape index (κ1) is 12.6. The minimum atomic E-state index is -0.527. The van der Waals surface area contributed by atoms with Gasteiger partial charge in [0.25, 0.3) is 5.69 Å². The Morgan fingerprint density at radius 1 is 1.44 bits per heavy atom. The van der Waals surface area contributed by atoms with E-state index < -0.39 is 4.92 Å². The molecule has 5 nitrogen and oxygen atoms in total. The van der Waals surface area contributed by atoms with E-state index in [0.29, 0.717) is 18.2 Å². The molecule has 88 valence electrons. The average molecular weight is 245 g/mol. The van der Waals surface area contributed by atoms with Crippen LogP contribution in [-0.4, -0.2) is 17.4 Å². The number of hydrogen-bond acceptors (Lipinski definition) is 4. The van der Waals surface area contributed by atoms with Crippen LogP contribution in [0.4, 0.5) is 11.4 Å². The van der Waals surface area contributed by atoms with Crippen molar-refractivity contribution in [3.8, 4) is 5.75 Å². The molecule has 0 amide bonds. The zero-order valence-electron chi connectivity index (χ0n) is 8.69. The number of nitrogens with two attached hydrogens (primary N) is 1. The van der Waals surface area contributed by atoms with Crippen molar-refractivity contribution in [3.63, 3.8) is 0 Å². The number of ether oxygens (including phenoxy) is 1. The summed E-state index contributed by atoms with van der Waals surface area (Å²) in [5, 5.41) is 10.6. The Labute approximate surface area is 98.3 Å². The fourth-order valence-electron chi connectivity index (χ4n) is 1.16. The van der Waals surface area contributed by atoms with Crippen LogP contribution >= 0.6 is 11.6 Å². The Hall–Kier alpha value is -1.49. The maximum absolute atomic E-state index is 10.6. The number of halogens is 1. The van der Waals surface area contributed by atoms with Gasteiger partial charge in [0.1, 0.15) is 11.4 Å². The van der Waals surface area contributed by atoms with Crippen molar-refractivity contribution in [3.05, 3.63) is 28.3 Å². The number of rotatable bonds is 6. The molecule has 0 aliphatic carbocycles. The van der Waals surface area contributed by atoms with Gasteiger partial charge < -0.3 is 10.5 Å². The quantitative estimate of drug-likeness (QED) is 0.274. The second-order valence-corrected chi connectivity index (χ2v) is 3.60. The highest BCUT2D eigenvalue weighted by Crippen LogP contribution is 2.26. The van der Waals surface area contributed by atoms with Crippen molar-refractivity contribution in [2.24, 2.45) is 0 Å². The largest absolute Gasteiger partial charge is 0.493 e. The number of benzene rings is 1. The van der Waals surface area contributed by atoms with Gasteiger partial charge in [0.05, 0.1) is 17.6 Å². The molecule has 0 saturated heterocycles. The molecule has 0 unspecified atom stereocenters. The fourth-order valence-corrected chi connectivity index (χ4v) is 1.35. The van der Waals surface area contributed by atoms with Crippen molar-refractivity contribution in [1.82, 2.24) is 0 Å². The molecule has 0 bridgehead atoms. The third kappa shape index (κ3) is 3.58. The van der Waals surface area contributed by atoms with Crippen LogP contribution in [0.5, 0.6) is 5.75 Å². The number of alkyl halides is 1. The van der Waals surface area contributed by atoms with Gasteiger partial charge in [0, 0.05) is 5.88 Å². The van der Waals surface area contributed by atoms with Crippen LogP contribution in [0.15, 0.2) is 18.2 Å². The summed E-state index contributed by atoms with van der Waals surface area (Å²) in [6.45, 7) is 0.494. The molecule has 6 heteroatoms. The van der Waals surface area contributed by atoms with Crippen LogP contribution in [0, 0.1) is 10.1 Å². The molecule has 1 aromatic rings. The Morgan fingerprint density at radius 2 is 2.19 bits per heavy atom. The molecule has 0 heterocycles. The number of nitro groups is 1. The molecule has 16 heavy (non-hydrogen) atoms. The Balaban J connectivity index is 2.61.